The lowest BCUT2D eigenvalue weighted by atomic mass is 10.2. The third-order valence-corrected chi connectivity index (χ3v) is 2.50. The Balaban J connectivity index is 3.04. The minimum Gasteiger partial charge on any atom is -0.368 e. The molecule has 2 amide bonds. The summed E-state index contributed by atoms with van der Waals surface area (Å²) in [7, 11) is 0. The normalized spacial score (nSPS) is 9.83. The van der Waals surface area contributed by atoms with Crippen molar-refractivity contribution in [1.82, 2.24) is 0 Å². The van der Waals surface area contributed by atoms with E-state index in [0.29, 0.717) is 17.5 Å². The number of nitrogens with two attached hydrogens (primary N) is 2. The van der Waals surface area contributed by atoms with E-state index in [1.54, 1.807) is 6.07 Å². The van der Waals surface area contributed by atoms with E-state index in [-0.39, 0.29) is 18.1 Å². The Kier molecular flexibility index (Phi) is 4.67. The molecule has 0 saturated carbocycles. The molecule has 0 heterocycles. The third-order valence-electron chi connectivity index (χ3n) is 2.17. The second kappa shape index (κ2) is 6.02. The second-order valence-electron chi connectivity index (χ2n) is 3.61. The molecule has 1 rings (SSSR count). The first kappa shape index (κ1) is 14.0. The summed E-state index contributed by atoms with van der Waals surface area (Å²) in [5.74, 6) is -1.21. The molecular formula is C11H12ClN3O3. The summed E-state index contributed by atoms with van der Waals surface area (Å²) < 4.78 is 0. The molecule has 1 aromatic carbocycles. The van der Waals surface area contributed by atoms with Crippen molar-refractivity contribution in [1.29, 1.82) is 0 Å². The lowest BCUT2D eigenvalue weighted by molar-refractivity contribution is -0.117. The Labute approximate surface area is 108 Å². The zero-order chi connectivity index (χ0) is 13.7. The Morgan fingerprint density at radius 3 is 2.17 bits per heavy atom. The van der Waals surface area contributed by atoms with E-state index in [1.165, 1.54) is 17.0 Å². The van der Waals surface area contributed by atoms with Gasteiger partial charge in [0.25, 0.3) is 0 Å². The van der Waals surface area contributed by atoms with Gasteiger partial charge in [-0.1, -0.05) is 11.6 Å². The van der Waals surface area contributed by atoms with E-state index in [0.717, 1.165) is 0 Å². The van der Waals surface area contributed by atoms with Crippen molar-refractivity contribution >= 4 is 35.4 Å². The van der Waals surface area contributed by atoms with Gasteiger partial charge in [0.1, 0.15) is 0 Å². The van der Waals surface area contributed by atoms with Crippen molar-refractivity contribution in [2.75, 3.05) is 18.0 Å². The highest BCUT2D eigenvalue weighted by Gasteiger charge is 2.13. The molecule has 0 atom stereocenters. The summed E-state index contributed by atoms with van der Waals surface area (Å²) in [6, 6.07) is 4.51. The van der Waals surface area contributed by atoms with Crippen LogP contribution in [0.25, 0.3) is 0 Å². The first-order chi connectivity index (χ1) is 8.43. The Morgan fingerprint density at radius 1 is 1.22 bits per heavy atom. The van der Waals surface area contributed by atoms with Crippen LogP contribution in [0.2, 0.25) is 5.02 Å². The summed E-state index contributed by atoms with van der Waals surface area (Å²) in [5, 5.41) is 0.224. The van der Waals surface area contributed by atoms with Crippen molar-refractivity contribution < 1.29 is 14.4 Å². The molecule has 0 unspecified atom stereocenters. The molecule has 0 fully saturated rings. The van der Waals surface area contributed by atoms with Crippen LogP contribution in [0, 0.1) is 0 Å². The number of primary amides is 2. The maximum absolute atomic E-state index is 10.9. The summed E-state index contributed by atoms with van der Waals surface area (Å²) >= 11 is 5.86. The highest BCUT2D eigenvalue weighted by Crippen LogP contribution is 2.22. The number of nitrogens with zero attached hydrogens (tertiary/aromatic N) is 1. The molecular weight excluding hydrogens is 258 g/mol. The molecule has 0 saturated heterocycles. The maximum atomic E-state index is 10.9. The molecule has 96 valence electrons. The van der Waals surface area contributed by atoms with Crippen LogP contribution in [0.4, 0.5) is 5.69 Å². The van der Waals surface area contributed by atoms with Crippen LogP contribution in [0.1, 0.15) is 10.4 Å². The summed E-state index contributed by atoms with van der Waals surface area (Å²) in [4.78, 5) is 33.8. The number of carbonyl (C=O) groups is 3. The van der Waals surface area contributed by atoms with E-state index >= 15 is 0 Å². The van der Waals surface area contributed by atoms with E-state index in [9.17, 15) is 14.4 Å². The second-order valence-corrected chi connectivity index (χ2v) is 4.02. The van der Waals surface area contributed by atoms with E-state index in [2.05, 4.69) is 0 Å². The largest absolute Gasteiger partial charge is 0.368 e. The van der Waals surface area contributed by atoms with Gasteiger partial charge in [-0.25, -0.2) is 0 Å². The van der Waals surface area contributed by atoms with Gasteiger partial charge < -0.3 is 16.4 Å². The minimum atomic E-state index is -0.605. The summed E-state index contributed by atoms with van der Waals surface area (Å²) in [6.45, 7) is -0.334. The first-order valence-corrected chi connectivity index (χ1v) is 5.38. The summed E-state index contributed by atoms with van der Waals surface area (Å²) in [5.41, 5.74) is 11.0. The van der Waals surface area contributed by atoms with Gasteiger partial charge in [0.05, 0.1) is 18.1 Å². The van der Waals surface area contributed by atoms with Crippen LogP contribution in [0.5, 0.6) is 0 Å². The van der Waals surface area contributed by atoms with Gasteiger partial charge in [-0.2, -0.15) is 0 Å². The number of halogens is 1. The molecule has 0 aromatic heterocycles. The number of anilines is 1. The van der Waals surface area contributed by atoms with Crippen molar-refractivity contribution in [2.24, 2.45) is 11.5 Å². The van der Waals surface area contributed by atoms with Gasteiger partial charge in [-0.15, -0.1) is 0 Å². The Bertz CT molecular complexity index is 474. The van der Waals surface area contributed by atoms with Crippen LogP contribution >= 0.6 is 11.6 Å². The van der Waals surface area contributed by atoms with Gasteiger partial charge in [0.15, 0.2) is 6.29 Å². The lowest BCUT2D eigenvalue weighted by Crippen LogP contribution is -2.39. The highest BCUT2D eigenvalue weighted by atomic mass is 35.5. The highest BCUT2D eigenvalue weighted by molar-refractivity contribution is 6.33. The SMILES string of the molecule is NC(=O)CN(CC(N)=O)c1ccc(C=O)c(Cl)c1. The van der Waals surface area contributed by atoms with E-state index in [4.69, 9.17) is 23.1 Å². The quantitative estimate of drug-likeness (QED) is 0.705. The van der Waals surface area contributed by atoms with Crippen molar-refractivity contribution in [2.45, 2.75) is 0 Å². The Morgan fingerprint density at radius 2 is 1.78 bits per heavy atom. The van der Waals surface area contributed by atoms with Crippen molar-refractivity contribution in [3.05, 3.63) is 28.8 Å². The van der Waals surface area contributed by atoms with Gasteiger partial charge >= 0.3 is 0 Å². The van der Waals surface area contributed by atoms with E-state index < -0.39 is 11.8 Å². The van der Waals surface area contributed by atoms with Crippen LogP contribution in [0.15, 0.2) is 18.2 Å². The molecule has 1 aromatic rings. The van der Waals surface area contributed by atoms with Gasteiger partial charge in [0.2, 0.25) is 11.8 Å². The van der Waals surface area contributed by atoms with Crippen LogP contribution < -0.4 is 16.4 Å². The molecule has 0 aliphatic heterocycles. The first-order valence-electron chi connectivity index (χ1n) is 5.00. The predicted molar refractivity (Wildman–Crippen MR) is 67.4 cm³/mol. The summed E-state index contributed by atoms with van der Waals surface area (Å²) in [6.07, 6.45) is 0.610. The third kappa shape index (κ3) is 3.74. The molecule has 18 heavy (non-hydrogen) atoms. The van der Waals surface area contributed by atoms with E-state index in [1.807, 2.05) is 0 Å². The van der Waals surface area contributed by atoms with Crippen molar-refractivity contribution in [3.8, 4) is 0 Å². The number of carbonyl (C=O) groups excluding carboxylic acids is 3. The smallest absolute Gasteiger partial charge is 0.236 e. The van der Waals surface area contributed by atoms with Crippen LogP contribution in [-0.2, 0) is 9.59 Å². The van der Waals surface area contributed by atoms with Crippen LogP contribution in [0.3, 0.4) is 0 Å². The maximum Gasteiger partial charge on any atom is 0.236 e. The molecule has 0 aliphatic carbocycles. The zero-order valence-corrected chi connectivity index (χ0v) is 10.2. The number of hydrogen-bond acceptors (Lipinski definition) is 4. The van der Waals surface area contributed by atoms with Crippen molar-refractivity contribution in [3.63, 3.8) is 0 Å². The average molecular weight is 270 g/mol. The number of benzene rings is 1. The number of amides is 2. The molecule has 0 aliphatic rings. The Hall–Kier alpha value is -2.08. The lowest BCUT2D eigenvalue weighted by Gasteiger charge is -2.22. The molecule has 6 nitrogen and oxygen atoms in total. The standard InChI is InChI=1S/C11H12ClN3O3/c12-9-3-8(2-1-7(9)6-16)15(4-10(13)17)5-11(14)18/h1-3,6H,4-5H2,(H2,13,17)(H2,14,18). The fourth-order valence-corrected chi connectivity index (χ4v) is 1.64. The molecule has 7 heteroatoms. The fourth-order valence-electron chi connectivity index (χ4n) is 1.42. The van der Waals surface area contributed by atoms with Gasteiger partial charge in [-0.3, -0.25) is 14.4 Å². The molecule has 0 radical (unpaired) electrons. The molecule has 4 N–H and O–H groups in total. The predicted octanol–water partition coefficient (Wildman–Crippen LogP) is -0.0705. The number of rotatable bonds is 6. The minimum absolute atomic E-state index is 0.167. The number of hydrogen-bond donors (Lipinski definition) is 2. The molecule has 0 bridgehead atoms. The fraction of sp³-hybridized carbons (Fsp3) is 0.182. The number of aldehydes is 1. The van der Waals surface area contributed by atoms with Gasteiger partial charge in [-0.05, 0) is 18.2 Å². The zero-order valence-electron chi connectivity index (χ0n) is 9.43. The molecule has 0 spiro atoms. The topological polar surface area (TPSA) is 106 Å². The monoisotopic (exact) mass is 269 g/mol. The van der Waals surface area contributed by atoms with Crippen LogP contribution in [-0.4, -0.2) is 31.2 Å². The van der Waals surface area contributed by atoms with Gasteiger partial charge in [0, 0.05) is 11.3 Å². The average Bonchev–Trinajstić information content (AvgIpc) is 2.26.